The summed E-state index contributed by atoms with van der Waals surface area (Å²) in [6.45, 7) is 0. The van der Waals surface area contributed by atoms with Gasteiger partial charge in [-0.15, -0.1) is 0 Å². The zero-order valence-corrected chi connectivity index (χ0v) is 11.6. The number of anilines is 1. The average molecular weight is 307 g/mol. The summed E-state index contributed by atoms with van der Waals surface area (Å²) in [5, 5.41) is 9.65. The first kappa shape index (κ1) is 14.9. The Morgan fingerprint density at radius 2 is 1.71 bits per heavy atom. The van der Waals surface area contributed by atoms with Crippen LogP contribution in [0.25, 0.3) is 12.2 Å². The lowest BCUT2D eigenvalue weighted by molar-refractivity contribution is 0.386. The lowest BCUT2D eigenvalue weighted by Gasteiger charge is -2.06. The third-order valence-electron chi connectivity index (χ3n) is 2.61. The molecule has 0 amide bonds. The van der Waals surface area contributed by atoms with Crippen LogP contribution in [0.1, 0.15) is 11.1 Å². The summed E-state index contributed by atoms with van der Waals surface area (Å²) in [5.74, 6) is -0.0226. The predicted molar refractivity (Wildman–Crippen MR) is 80.1 cm³/mol. The van der Waals surface area contributed by atoms with Crippen LogP contribution in [-0.2, 0) is 10.4 Å². The van der Waals surface area contributed by atoms with Gasteiger partial charge in [0.15, 0.2) is 5.75 Å². The number of phenols is 1. The third kappa shape index (κ3) is 4.23. The largest absolute Gasteiger partial charge is 0.507 e. The van der Waals surface area contributed by atoms with Crippen LogP contribution >= 0.6 is 0 Å². The van der Waals surface area contributed by atoms with Crippen molar-refractivity contribution >= 4 is 28.2 Å². The van der Waals surface area contributed by atoms with Gasteiger partial charge in [0.05, 0.1) is 0 Å². The highest BCUT2D eigenvalue weighted by atomic mass is 32.3. The Bertz CT molecular complexity index is 784. The summed E-state index contributed by atoms with van der Waals surface area (Å²) >= 11 is 0. The zero-order chi connectivity index (χ0) is 15.5. The second kappa shape index (κ2) is 5.86. The number of rotatable bonds is 4. The predicted octanol–water partition coefficient (Wildman–Crippen LogP) is 2.33. The number of hydrogen-bond donors (Lipinski definition) is 3. The van der Waals surface area contributed by atoms with Crippen LogP contribution < -0.4 is 9.92 Å². The van der Waals surface area contributed by atoms with Crippen LogP contribution in [-0.4, -0.2) is 18.1 Å². The van der Waals surface area contributed by atoms with Crippen LogP contribution in [0, 0.1) is 0 Å². The molecule has 0 atom stereocenters. The molecule has 0 aliphatic rings. The lowest BCUT2D eigenvalue weighted by Crippen LogP contribution is -2.07. The van der Waals surface area contributed by atoms with Crippen LogP contribution in [0.3, 0.4) is 0 Å². The Hall–Kier alpha value is -2.51. The van der Waals surface area contributed by atoms with Gasteiger partial charge in [-0.05, 0) is 18.2 Å². The maximum Gasteiger partial charge on any atom is 0.446 e. The fraction of sp³-hybridized carbons (Fsp3) is 0. The maximum atomic E-state index is 10.8. The van der Waals surface area contributed by atoms with Gasteiger partial charge in [0.2, 0.25) is 0 Å². The average Bonchev–Trinajstić information content (AvgIpc) is 2.38. The van der Waals surface area contributed by atoms with E-state index in [1.54, 1.807) is 30.3 Å². The van der Waals surface area contributed by atoms with Crippen LogP contribution in [0.15, 0.2) is 42.5 Å². The Balaban J connectivity index is 2.38. The molecule has 0 aromatic heterocycles. The number of para-hydroxylation sites is 1. The van der Waals surface area contributed by atoms with E-state index in [0.29, 0.717) is 11.1 Å². The molecule has 0 saturated heterocycles. The number of hydrogen-bond acceptors (Lipinski definition) is 5. The molecule has 0 saturated carbocycles. The first-order valence-electron chi connectivity index (χ1n) is 5.88. The SMILES string of the molecule is Nc1ccc(C=Cc2ccccc2O)c(OS(=O)(=O)O)c1. The van der Waals surface area contributed by atoms with Crippen molar-refractivity contribution in [3.63, 3.8) is 0 Å². The lowest BCUT2D eigenvalue weighted by atomic mass is 10.1. The highest BCUT2D eigenvalue weighted by molar-refractivity contribution is 7.81. The summed E-state index contributed by atoms with van der Waals surface area (Å²) in [4.78, 5) is 0. The van der Waals surface area contributed by atoms with Crippen molar-refractivity contribution in [2.24, 2.45) is 0 Å². The fourth-order valence-corrected chi connectivity index (χ4v) is 2.05. The third-order valence-corrected chi connectivity index (χ3v) is 3.00. The molecule has 2 aromatic rings. The molecule has 0 heterocycles. The van der Waals surface area contributed by atoms with E-state index in [9.17, 15) is 13.5 Å². The van der Waals surface area contributed by atoms with Gasteiger partial charge in [-0.25, -0.2) is 0 Å². The molecule has 0 radical (unpaired) electrons. The van der Waals surface area contributed by atoms with E-state index in [2.05, 4.69) is 4.18 Å². The van der Waals surface area contributed by atoms with Crippen molar-refractivity contribution in [1.82, 2.24) is 0 Å². The van der Waals surface area contributed by atoms with Gasteiger partial charge in [-0.2, -0.15) is 8.42 Å². The maximum absolute atomic E-state index is 10.8. The molecule has 2 rings (SSSR count). The van der Waals surface area contributed by atoms with Crippen molar-refractivity contribution in [2.75, 3.05) is 5.73 Å². The van der Waals surface area contributed by atoms with Gasteiger partial charge < -0.3 is 15.0 Å². The zero-order valence-electron chi connectivity index (χ0n) is 10.8. The van der Waals surface area contributed by atoms with Crippen LogP contribution in [0.2, 0.25) is 0 Å². The molecule has 2 aromatic carbocycles. The van der Waals surface area contributed by atoms with E-state index in [1.165, 1.54) is 24.3 Å². The first-order chi connectivity index (χ1) is 9.85. The summed E-state index contributed by atoms with van der Waals surface area (Å²) in [6.07, 6.45) is 3.12. The molecule has 0 bridgehead atoms. The van der Waals surface area contributed by atoms with Gasteiger partial charge in [-0.1, -0.05) is 30.4 Å². The summed E-state index contributed by atoms with van der Waals surface area (Å²) < 4.78 is 34.9. The molecule has 0 aliphatic carbocycles. The number of nitrogen functional groups attached to an aromatic ring is 1. The van der Waals surface area contributed by atoms with Crippen molar-refractivity contribution in [3.8, 4) is 11.5 Å². The van der Waals surface area contributed by atoms with Gasteiger partial charge in [0, 0.05) is 22.9 Å². The Kier molecular flexibility index (Phi) is 4.15. The van der Waals surface area contributed by atoms with Crippen LogP contribution in [0.4, 0.5) is 5.69 Å². The standard InChI is InChI=1S/C14H13NO5S/c15-12-8-7-11(14(9-12)20-21(17,18)19)6-5-10-3-1-2-4-13(10)16/h1-9,16H,15H2,(H,17,18,19). The molecular weight excluding hydrogens is 294 g/mol. The Morgan fingerprint density at radius 1 is 1.05 bits per heavy atom. The molecule has 21 heavy (non-hydrogen) atoms. The van der Waals surface area contributed by atoms with Gasteiger partial charge in [-0.3, -0.25) is 4.55 Å². The molecule has 110 valence electrons. The van der Waals surface area contributed by atoms with E-state index in [1.807, 2.05) is 0 Å². The van der Waals surface area contributed by atoms with Crippen molar-refractivity contribution in [3.05, 3.63) is 53.6 Å². The van der Waals surface area contributed by atoms with E-state index >= 15 is 0 Å². The minimum absolute atomic E-state index is 0.0847. The van der Waals surface area contributed by atoms with Gasteiger partial charge >= 0.3 is 10.4 Å². The number of phenolic OH excluding ortho intramolecular Hbond substituents is 1. The molecule has 7 heteroatoms. The fourth-order valence-electron chi connectivity index (χ4n) is 1.68. The molecule has 0 fully saturated rings. The van der Waals surface area contributed by atoms with E-state index in [4.69, 9.17) is 10.3 Å². The van der Waals surface area contributed by atoms with E-state index < -0.39 is 10.4 Å². The minimum atomic E-state index is -4.65. The summed E-state index contributed by atoms with van der Waals surface area (Å²) in [6, 6.07) is 11.0. The highest BCUT2D eigenvalue weighted by Gasteiger charge is 2.11. The second-order valence-corrected chi connectivity index (χ2v) is 5.22. The number of nitrogens with two attached hydrogens (primary N) is 1. The van der Waals surface area contributed by atoms with Crippen molar-refractivity contribution in [2.45, 2.75) is 0 Å². The summed E-state index contributed by atoms with van der Waals surface area (Å²) in [7, 11) is -4.65. The van der Waals surface area contributed by atoms with Crippen molar-refractivity contribution in [1.29, 1.82) is 0 Å². The quantitative estimate of drug-likeness (QED) is 0.454. The molecule has 0 unspecified atom stereocenters. The first-order valence-corrected chi connectivity index (χ1v) is 7.24. The van der Waals surface area contributed by atoms with Crippen molar-refractivity contribution < 1.29 is 22.3 Å². The van der Waals surface area contributed by atoms with E-state index in [-0.39, 0.29) is 17.2 Å². The highest BCUT2D eigenvalue weighted by Crippen LogP contribution is 2.26. The number of benzene rings is 2. The summed E-state index contributed by atoms with van der Waals surface area (Å²) in [5.41, 5.74) is 6.77. The minimum Gasteiger partial charge on any atom is -0.507 e. The van der Waals surface area contributed by atoms with Gasteiger partial charge in [0.1, 0.15) is 5.75 Å². The molecule has 0 aliphatic heterocycles. The Labute approximate surface area is 122 Å². The number of aromatic hydroxyl groups is 1. The molecule has 6 nitrogen and oxygen atoms in total. The molecule has 4 N–H and O–H groups in total. The van der Waals surface area contributed by atoms with Gasteiger partial charge in [0.25, 0.3) is 0 Å². The second-order valence-electron chi connectivity index (χ2n) is 4.20. The monoisotopic (exact) mass is 307 g/mol. The topological polar surface area (TPSA) is 110 Å². The van der Waals surface area contributed by atoms with E-state index in [0.717, 1.165) is 0 Å². The molecule has 0 spiro atoms. The smallest absolute Gasteiger partial charge is 0.446 e. The Morgan fingerprint density at radius 3 is 2.38 bits per heavy atom. The normalized spacial score (nSPS) is 11.7. The van der Waals surface area contributed by atoms with Crippen LogP contribution in [0.5, 0.6) is 11.5 Å². The molecular formula is C14H13NO5S.